The number of amides is 1. The number of carbonyl (C=O) groups excluding carboxylic acids is 1. The van der Waals surface area contributed by atoms with E-state index in [4.69, 9.17) is 0 Å². The molecule has 0 atom stereocenters. The molecule has 1 amide bonds. The Morgan fingerprint density at radius 2 is 1.91 bits per heavy atom. The van der Waals surface area contributed by atoms with Gasteiger partial charge in [0.15, 0.2) is 0 Å². The number of hydrogen-bond acceptors (Lipinski definition) is 3. The van der Waals surface area contributed by atoms with Crippen molar-refractivity contribution in [2.45, 2.75) is 13.3 Å². The maximum absolute atomic E-state index is 12.1. The summed E-state index contributed by atoms with van der Waals surface area (Å²) < 4.78 is 1.99. The minimum atomic E-state index is -0.215. The van der Waals surface area contributed by atoms with Crippen molar-refractivity contribution in [3.63, 3.8) is 0 Å². The third-order valence-corrected chi connectivity index (χ3v) is 4.59. The molecule has 1 aromatic carbocycles. The average Bonchev–Trinajstić information content (AvgIpc) is 3.26. The maximum Gasteiger partial charge on any atom is 0.271 e. The first-order valence-electron chi connectivity index (χ1n) is 7.42. The molecule has 116 valence electrons. The molecule has 5 heteroatoms. The van der Waals surface area contributed by atoms with Gasteiger partial charge in [0.1, 0.15) is 0 Å². The molecule has 0 aliphatic rings. The smallest absolute Gasteiger partial charge is 0.271 e. The van der Waals surface area contributed by atoms with Crippen molar-refractivity contribution in [2.75, 3.05) is 0 Å². The van der Waals surface area contributed by atoms with Crippen LogP contribution in [-0.4, -0.2) is 16.7 Å². The summed E-state index contributed by atoms with van der Waals surface area (Å²) in [7, 11) is 0. The van der Waals surface area contributed by atoms with Gasteiger partial charge in [-0.3, -0.25) is 4.79 Å². The van der Waals surface area contributed by atoms with Crippen LogP contribution in [0.1, 0.15) is 27.0 Å². The Balaban J connectivity index is 1.61. The summed E-state index contributed by atoms with van der Waals surface area (Å²) in [5, 5.41) is 4.02. The summed E-state index contributed by atoms with van der Waals surface area (Å²) in [6.45, 7) is 2.12. The van der Waals surface area contributed by atoms with Gasteiger partial charge in [0.2, 0.25) is 0 Å². The lowest BCUT2D eigenvalue weighted by atomic mass is 10.2. The number of benzene rings is 1. The molecule has 0 saturated carbocycles. The highest BCUT2D eigenvalue weighted by atomic mass is 32.1. The summed E-state index contributed by atoms with van der Waals surface area (Å²) in [5.74, 6) is -0.215. The Morgan fingerprint density at radius 3 is 2.57 bits per heavy atom. The number of rotatable bonds is 5. The summed E-state index contributed by atoms with van der Waals surface area (Å²) in [4.78, 5) is 14.4. The van der Waals surface area contributed by atoms with Gasteiger partial charge in [-0.25, -0.2) is 5.43 Å². The summed E-state index contributed by atoms with van der Waals surface area (Å²) in [6, 6.07) is 15.4. The van der Waals surface area contributed by atoms with Gasteiger partial charge in [-0.2, -0.15) is 5.10 Å². The zero-order valence-corrected chi connectivity index (χ0v) is 13.6. The van der Waals surface area contributed by atoms with E-state index >= 15 is 0 Å². The van der Waals surface area contributed by atoms with Crippen LogP contribution >= 0.6 is 11.3 Å². The van der Waals surface area contributed by atoms with Crippen LogP contribution in [-0.2, 0) is 6.42 Å². The number of aromatic nitrogens is 1. The van der Waals surface area contributed by atoms with Crippen LogP contribution in [0.3, 0.4) is 0 Å². The molecular weight excluding hydrogens is 306 g/mol. The van der Waals surface area contributed by atoms with Gasteiger partial charge in [0, 0.05) is 33.4 Å². The first-order valence-corrected chi connectivity index (χ1v) is 8.23. The van der Waals surface area contributed by atoms with Crippen molar-refractivity contribution >= 4 is 23.5 Å². The SMILES string of the molecule is CCc1ccc(/C=N\NC(=O)c2ccc(-n3cccc3)cc2)s1. The second-order valence-corrected chi connectivity index (χ2v) is 6.19. The van der Waals surface area contributed by atoms with Crippen LogP contribution in [0.5, 0.6) is 0 Å². The van der Waals surface area contributed by atoms with Crippen LogP contribution in [0.4, 0.5) is 0 Å². The molecule has 0 unspecified atom stereocenters. The molecule has 0 fully saturated rings. The molecule has 1 N–H and O–H groups in total. The minimum Gasteiger partial charge on any atom is -0.324 e. The van der Waals surface area contributed by atoms with Crippen molar-refractivity contribution in [1.29, 1.82) is 0 Å². The molecule has 4 nitrogen and oxygen atoms in total. The lowest BCUT2D eigenvalue weighted by Crippen LogP contribution is -2.17. The molecule has 0 spiro atoms. The molecule has 0 radical (unpaired) electrons. The highest BCUT2D eigenvalue weighted by molar-refractivity contribution is 7.13. The van der Waals surface area contributed by atoms with Crippen LogP contribution in [0.15, 0.2) is 66.0 Å². The van der Waals surface area contributed by atoms with E-state index in [1.54, 1.807) is 29.7 Å². The first-order chi connectivity index (χ1) is 11.3. The molecular formula is C18H17N3OS. The monoisotopic (exact) mass is 323 g/mol. The number of aryl methyl sites for hydroxylation is 1. The lowest BCUT2D eigenvalue weighted by Gasteiger charge is -2.04. The van der Waals surface area contributed by atoms with E-state index in [1.807, 2.05) is 47.3 Å². The van der Waals surface area contributed by atoms with Gasteiger partial charge >= 0.3 is 0 Å². The molecule has 0 bridgehead atoms. The Bertz CT molecular complexity index is 801. The zero-order valence-electron chi connectivity index (χ0n) is 12.8. The Morgan fingerprint density at radius 1 is 1.17 bits per heavy atom. The number of hydrogen-bond donors (Lipinski definition) is 1. The van der Waals surface area contributed by atoms with E-state index in [-0.39, 0.29) is 5.91 Å². The Labute approximate surface area is 139 Å². The average molecular weight is 323 g/mol. The fourth-order valence-electron chi connectivity index (χ4n) is 2.16. The quantitative estimate of drug-likeness (QED) is 0.562. The topological polar surface area (TPSA) is 46.4 Å². The highest BCUT2D eigenvalue weighted by Crippen LogP contribution is 2.14. The number of carbonyl (C=O) groups is 1. The van der Waals surface area contributed by atoms with Gasteiger partial charge in [-0.1, -0.05) is 6.92 Å². The van der Waals surface area contributed by atoms with Crippen molar-refractivity contribution < 1.29 is 4.79 Å². The summed E-state index contributed by atoms with van der Waals surface area (Å²) in [6.07, 6.45) is 6.62. The van der Waals surface area contributed by atoms with Crippen molar-refractivity contribution in [1.82, 2.24) is 9.99 Å². The van der Waals surface area contributed by atoms with Gasteiger partial charge in [-0.05, 0) is 55.0 Å². The predicted molar refractivity (Wildman–Crippen MR) is 94.5 cm³/mol. The van der Waals surface area contributed by atoms with Crippen molar-refractivity contribution in [2.24, 2.45) is 5.10 Å². The van der Waals surface area contributed by atoms with Crippen molar-refractivity contribution in [3.8, 4) is 5.69 Å². The molecule has 3 rings (SSSR count). The number of hydrazone groups is 1. The van der Waals surface area contributed by atoms with E-state index in [0.29, 0.717) is 5.56 Å². The molecule has 0 saturated heterocycles. The van der Waals surface area contributed by atoms with E-state index in [2.05, 4.69) is 23.5 Å². The maximum atomic E-state index is 12.1. The Kier molecular flexibility index (Phi) is 4.68. The van der Waals surface area contributed by atoms with Crippen LogP contribution in [0.25, 0.3) is 5.69 Å². The molecule has 0 aliphatic heterocycles. The lowest BCUT2D eigenvalue weighted by molar-refractivity contribution is 0.0955. The number of thiophene rings is 1. The normalized spacial score (nSPS) is 11.0. The third-order valence-electron chi connectivity index (χ3n) is 3.42. The first kappa shape index (κ1) is 15.2. The van der Waals surface area contributed by atoms with Gasteiger partial charge in [0.05, 0.1) is 6.21 Å². The van der Waals surface area contributed by atoms with E-state index in [1.165, 1.54) is 4.88 Å². The molecule has 2 heterocycles. The molecule has 0 aliphatic carbocycles. The van der Waals surface area contributed by atoms with Gasteiger partial charge in [-0.15, -0.1) is 11.3 Å². The van der Waals surface area contributed by atoms with Crippen molar-refractivity contribution in [3.05, 3.63) is 76.2 Å². The standard InChI is InChI=1S/C18H17N3OS/c1-2-16-9-10-17(23-16)13-19-20-18(22)14-5-7-15(8-6-14)21-11-3-4-12-21/h3-13H,2H2,1H3,(H,20,22)/b19-13-. The van der Waals surface area contributed by atoms with E-state index < -0.39 is 0 Å². The fraction of sp³-hybridized carbons (Fsp3) is 0.111. The molecule has 23 heavy (non-hydrogen) atoms. The summed E-state index contributed by atoms with van der Waals surface area (Å²) in [5.41, 5.74) is 4.16. The molecule has 3 aromatic rings. The van der Waals surface area contributed by atoms with E-state index in [9.17, 15) is 4.79 Å². The fourth-order valence-corrected chi connectivity index (χ4v) is 2.99. The number of nitrogens with zero attached hydrogens (tertiary/aromatic N) is 2. The zero-order chi connectivity index (χ0) is 16.1. The second-order valence-electron chi connectivity index (χ2n) is 4.99. The third kappa shape index (κ3) is 3.76. The van der Waals surface area contributed by atoms with E-state index in [0.717, 1.165) is 17.0 Å². The van der Waals surface area contributed by atoms with Crippen LogP contribution < -0.4 is 5.43 Å². The van der Waals surface area contributed by atoms with Gasteiger partial charge in [0.25, 0.3) is 5.91 Å². The summed E-state index contributed by atoms with van der Waals surface area (Å²) >= 11 is 1.68. The predicted octanol–water partition coefficient (Wildman–Crippen LogP) is 3.87. The largest absolute Gasteiger partial charge is 0.324 e. The van der Waals surface area contributed by atoms with Gasteiger partial charge < -0.3 is 4.57 Å². The number of nitrogens with one attached hydrogen (secondary N) is 1. The Hall–Kier alpha value is -2.66. The second kappa shape index (κ2) is 7.07. The molecule has 2 aromatic heterocycles. The van der Waals surface area contributed by atoms with Crippen LogP contribution in [0.2, 0.25) is 0 Å². The van der Waals surface area contributed by atoms with Crippen LogP contribution in [0, 0.1) is 0 Å². The minimum absolute atomic E-state index is 0.215. The highest BCUT2D eigenvalue weighted by Gasteiger charge is 2.04.